The summed E-state index contributed by atoms with van der Waals surface area (Å²) in [4.78, 5) is 47.4. The Kier molecular flexibility index (Phi) is 6.77. The molecule has 1 heterocycles. The number of carbonyl (C=O) groups excluding carboxylic acids is 4. The van der Waals surface area contributed by atoms with Gasteiger partial charge in [0.25, 0.3) is 0 Å². The van der Waals surface area contributed by atoms with Gasteiger partial charge in [-0.2, -0.15) is 0 Å². The molecule has 1 aliphatic rings. The predicted molar refractivity (Wildman–Crippen MR) is 111 cm³/mol. The van der Waals surface area contributed by atoms with E-state index in [0.29, 0.717) is 23.5 Å². The van der Waals surface area contributed by atoms with Crippen molar-refractivity contribution in [1.29, 1.82) is 0 Å². The largest absolute Gasteiger partial charge is 0.489 e. The van der Waals surface area contributed by atoms with Crippen LogP contribution in [0.25, 0.3) is 6.08 Å². The Balaban J connectivity index is 1.56. The topological polar surface area (TPSA) is 96.0 Å². The van der Waals surface area contributed by atoms with Crippen molar-refractivity contribution in [3.05, 3.63) is 83.1 Å². The average Bonchev–Trinajstić information content (AvgIpc) is 2.76. The van der Waals surface area contributed by atoms with Crippen LogP contribution in [0.2, 0.25) is 0 Å². The van der Waals surface area contributed by atoms with Crippen LogP contribution in [0.15, 0.2) is 66.4 Å². The van der Waals surface area contributed by atoms with E-state index in [0.717, 1.165) is 11.6 Å². The summed E-state index contributed by atoms with van der Waals surface area (Å²) < 4.78 is 15.2. The lowest BCUT2D eigenvalue weighted by molar-refractivity contribution is -0.151. The minimum atomic E-state index is -1.45. The van der Waals surface area contributed by atoms with E-state index in [1.54, 1.807) is 48.5 Å². The third-order valence-corrected chi connectivity index (χ3v) is 4.51. The van der Waals surface area contributed by atoms with Crippen molar-refractivity contribution in [2.45, 2.75) is 13.5 Å². The third kappa shape index (κ3) is 5.54. The van der Waals surface area contributed by atoms with Crippen molar-refractivity contribution >= 4 is 29.6 Å². The van der Waals surface area contributed by atoms with Crippen molar-refractivity contribution in [1.82, 2.24) is 0 Å². The van der Waals surface area contributed by atoms with Gasteiger partial charge in [0.2, 0.25) is 0 Å². The fraction of sp³-hybridized carbons (Fsp3) is 0.167. The Morgan fingerprint density at radius 3 is 2.32 bits per heavy atom. The highest BCUT2D eigenvalue weighted by atomic mass is 16.5. The van der Waals surface area contributed by atoms with Crippen LogP contribution in [0.3, 0.4) is 0 Å². The first-order valence-corrected chi connectivity index (χ1v) is 9.43. The van der Waals surface area contributed by atoms with Gasteiger partial charge in [0.15, 0.2) is 17.5 Å². The first-order valence-electron chi connectivity index (χ1n) is 9.43. The highest BCUT2D eigenvalue weighted by Crippen LogP contribution is 2.18. The molecule has 0 aromatic heterocycles. The van der Waals surface area contributed by atoms with Crippen LogP contribution in [-0.4, -0.2) is 30.6 Å². The third-order valence-electron chi connectivity index (χ3n) is 4.51. The molecule has 3 rings (SSSR count). The normalized spacial score (nSPS) is 15.9. The van der Waals surface area contributed by atoms with Gasteiger partial charge in [-0.05, 0) is 48.4 Å². The quantitative estimate of drug-likeness (QED) is 0.385. The lowest BCUT2D eigenvalue weighted by Gasteiger charge is -2.15. The Hall–Kier alpha value is -4.00. The number of allylic oxidation sites excluding steroid dienone is 3. The molecule has 1 unspecified atom stereocenters. The molecule has 0 radical (unpaired) electrons. The van der Waals surface area contributed by atoms with E-state index in [9.17, 15) is 19.2 Å². The fourth-order valence-corrected chi connectivity index (χ4v) is 2.87. The average molecular weight is 420 g/mol. The van der Waals surface area contributed by atoms with Gasteiger partial charge in [-0.15, -0.1) is 0 Å². The first kappa shape index (κ1) is 21.7. The maximum atomic E-state index is 12.2. The molecule has 7 heteroatoms. The summed E-state index contributed by atoms with van der Waals surface area (Å²) in [6.07, 6.45) is 3.85. The molecule has 2 aromatic carbocycles. The lowest BCUT2D eigenvalue weighted by atomic mass is 9.96. The molecule has 7 nitrogen and oxygen atoms in total. The van der Waals surface area contributed by atoms with Gasteiger partial charge < -0.3 is 14.2 Å². The number of cyclic esters (lactones) is 1. The molecule has 158 valence electrons. The van der Waals surface area contributed by atoms with Crippen LogP contribution in [0.5, 0.6) is 5.75 Å². The molecule has 0 amide bonds. The lowest BCUT2D eigenvalue weighted by Crippen LogP contribution is -2.34. The minimum absolute atomic E-state index is 0.179. The number of hydrogen-bond donors (Lipinski definition) is 0. The SMILES string of the molecule is COC(=O)c1ccc(COc2ccc(C=CC(=O)C3C(=O)C=C(C)OC3=O)cc2)cc1. The van der Waals surface area contributed by atoms with Crippen molar-refractivity contribution in [3.8, 4) is 5.75 Å². The molecule has 2 aromatic rings. The number of hydrogen-bond acceptors (Lipinski definition) is 7. The van der Waals surface area contributed by atoms with Gasteiger partial charge in [0.05, 0.1) is 12.7 Å². The zero-order valence-electron chi connectivity index (χ0n) is 17.0. The van der Waals surface area contributed by atoms with E-state index in [1.807, 2.05) is 0 Å². The second kappa shape index (κ2) is 9.67. The highest BCUT2D eigenvalue weighted by molar-refractivity contribution is 6.25. The summed E-state index contributed by atoms with van der Waals surface area (Å²) in [5, 5.41) is 0. The van der Waals surface area contributed by atoms with Gasteiger partial charge in [-0.3, -0.25) is 14.4 Å². The molecule has 0 N–H and O–H groups in total. The standard InChI is InChI=1S/C24H20O7/c1-15-13-21(26)22(24(28)31-15)20(25)12-7-16-5-10-19(11-6-16)30-14-17-3-8-18(9-4-17)23(27)29-2/h3-13,22H,14H2,1-2H3. The fourth-order valence-electron chi connectivity index (χ4n) is 2.87. The number of ether oxygens (including phenoxy) is 3. The minimum Gasteiger partial charge on any atom is -0.489 e. The molecule has 31 heavy (non-hydrogen) atoms. The molecule has 0 fully saturated rings. The van der Waals surface area contributed by atoms with Crippen molar-refractivity contribution < 1.29 is 33.4 Å². The summed E-state index contributed by atoms with van der Waals surface area (Å²) in [6, 6.07) is 13.8. The van der Waals surface area contributed by atoms with Crippen LogP contribution in [0.4, 0.5) is 0 Å². The van der Waals surface area contributed by atoms with Crippen LogP contribution < -0.4 is 4.74 Å². The maximum Gasteiger partial charge on any atom is 0.337 e. The molecular weight excluding hydrogens is 400 g/mol. The van der Waals surface area contributed by atoms with Crippen LogP contribution >= 0.6 is 0 Å². The zero-order chi connectivity index (χ0) is 22.4. The molecule has 0 aliphatic carbocycles. The van der Waals surface area contributed by atoms with E-state index in [2.05, 4.69) is 4.74 Å². The number of rotatable bonds is 7. The van der Waals surface area contributed by atoms with Crippen LogP contribution in [0.1, 0.15) is 28.4 Å². The smallest absolute Gasteiger partial charge is 0.337 e. The maximum absolute atomic E-state index is 12.2. The number of benzene rings is 2. The Labute approximate surface area is 178 Å². The van der Waals surface area contributed by atoms with E-state index in [-0.39, 0.29) is 5.76 Å². The second-order valence-corrected chi connectivity index (χ2v) is 6.79. The number of ketones is 2. The van der Waals surface area contributed by atoms with E-state index < -0.39 is 29.4 Å². The van der Waals surface area contributed by atoms with Crippen molar-refractivity contribution in [2.24, 2.45) is 5.92 Å². The highest BCUT2D eigenvalue weighted by Gasteiger charge is 2.36. The molecular formula is C24H20O7. The number of esters is 2. The molecule has 1 aliphatic heterocycles. The predicted octanol–water partition coefficient (Wildman–Crippen LogP) is 3.28. The number of carbonyl (C=O) groups is 4. The van der Waals surface area contributed by atoms with Crippen LogP contribution in [0, 0.1) is 5.92 Å². The van der Waals surface area contributed by atoms with E-state index in [4.69, 9.17) is 9.47 Å². The van der Waals surface area contributed by atoms with E-state index in [1.165, 1.54) is 26.2 Å². The van der Waals surface area contributed by atoms with Gasteiger partial charge in [0, 0.05) is 6.08 Å². The van der Waals surface area contributed by atoms with Gasteiger partial charge in [-0.25, -0.2) is 4.79 Å². The monoisotopic (exact) mass is 420 g/mol. The zero-order valence-corrected chi connectivity index (χ0v) is 17.0. The van der Waals surface area contributed by atoms with Gasteiger partial charge in [-0.1, -0.05) is 30.3 Å². The molecule has 0 saturated carbocycles. The van der Waals surface area contributed by atoms with Gasteiger partial charge >= 0.3 is 11.9 Å². The molecule has 1 atom stereocenters. The summed E-state index contributed by atoms with van der Waals surface area (Å²) in [6.45, 7) is 1.79. The summed E-state index contributed by atoms with van der Waals surface area (Å²) in [5.41, 5.74) is 2.05. The number of methoxy groups -OCH3 is 1. The molecule has 0 spiro atoms. The van der Waals surface area contributed by atoms with Crippen molar-refractivity contribution in [3.63, 3.8) is 0 Å². The Morgan fingerprint density at radius 1 is 1.03 bits per heavy atom. The second-order valence-electron chi connectivity index (χ2n) is 6.79. The van der Waals surface area contributed by atoms with E-state index >= 15 is 0 Å². The molecule has 0 saturated heterocycles. The van der Waals surface area contributed by atoms with Crippen molar-refractivity contribution in [2.75, 3.05) is 7.11 Å². The van der Waals surface area contributed by atoms with Crippen LogP contribution in [-0.2, 0) is 30.5 Å². The summed E-state index contributed by atoms with van der Waals surface area (Å²) in [5.74, 6) is -3.12. The Bertz CT molecular complexity index is 1060. The summed E-state index contributed by atoms with van der Waals surface area (Å²) in [7, 11) is 1.33. The van der Waals surface area contributed by atoms with Gasteiger partial charge in [0.1, 0.15) is 18.1 Å². The Morgan fingerprint density at radius 2 is 1.71 bits per heavy atom. The summed E-state index contributed by atoms with van der Waals surface area (Å²) >= 11 is 0. The first-order chi connectivity index (χ1) is 14.9. The molecule has 0 bridgehead atoms.